The van der Waals surface area contributed by atoms with Gasteiger partial charge in [-0.15, -0.1) is 0 Å². The van der Waals surface area contributed by atoms with Crippen LogP contribution in [0.5, 0.6) is 5.75 Å². The number of H-pyrrole nitrogens is 1. The van der Waals surface area contributed by atoms with Crippen molar-refractivity contribution < 1.29 is 9.15 Å². The number of nitrogen functional groups attached to an aromatic ring is 1. The molecule has 3 rings (SSSR count). The number of nitrogens with two attached hydrogens (primary N) is 1. The average molecular weight is 255 g/mol. The third-order valence-electron chi connectivity index (χ3n) is 2.68. The maximum atomic E-state index is 5.62. The molecular formula is C14H13N3O2. The Bertz CT molecular complexity index is 642. The van der Waals surface area contributed by atoms with Crippen molar-refractivity contribution in [1.29, 1.82) is 0 Å². The van der Waals surface area contributed by atoms with E-state index in [2.05, 4.69) is 10.2 Å². The van der Waals surface area contributed by atoms with Crippen LogP contribution in [0.2, 0.25) is 0 Å². The number of hydrogen-bond donors (Lipinski definition) is 2. The molecule has 0 radical (unpaired) electrons. The van der Waals surface area contributed by atoms with Crippen LogP contribution in [0.1, 0.15) is 5.69 Å². The predicted molar refractivity (Wildman–Crippen MR) is 71.5 cm³/mol. The summed E-state index contributed by atoms with van der Waals surface area (Å²) in [5, 5.41) is 7.08. The average Bonchev–Trinajstić information content (AvgIpc) is 3.09. The first-order valence-corrected chi connectivity index (χ1v) is 5.88. The summed E-state index contributed by atoms with van der Waals surface area (Å²) >= 11 is 0. The molecule has 0 aliphatic rings. The minimum atomic E-state index is 0.414. The van der Waals surface area contributed by atoms with E-state index in [4.69, 9.17) is 14.9 Å². The van der Waals surface area contributed by atoms with E-state index in [0.29, 0.717) is 12.3 Å². The third-order valence-corrected chi connectivity index (χ3v) is 2.68. The highest BCUT2D eigenvalue weighted by molar-refractivity contribution is 5.51. The number of nitrogens with zero attached hydrogens (tertiary/aromatic N) is 1. The number of aromatic nitrogens is 2. The van der Waals surface area contributed by atoms with Crippen LogP contribution in [0.3, 0.4) is 0 Å². The minimum Gasteiger partial charge on any atom is -0.487 e. The van der Waals surface area contributed by atoms with E-state index in [1.165, 1.54) is 0 Å². The Balaban J connectivity index is 1.66. The summed E-state index contributed by atoms with van der Waals surface area (Å²) in [6.07, 6.45) is 1.62. The van der Waals surface area contributed by atoms with Crippen LogP contribution in [-0.4, -0.2) is 10.2 Å². The Morgan fingerprint density at radius 3 is 2.79 bits per heavy atom. The number of anilines is 1. The van der Waals surface area contributed by atoms with Crippen molar-refractivity contribution in [2.24, 2.45) is 0 Å². The van der Waals surface area contributed by atoms with Gasteiger partial charge in [0.25, 0.3) is 0 Å². The molecule has 5 heteroatoms. The van der Waals surface area contributed by atoms with Gasteiger partial charge in [-0.05, 0) is 42.5 Å². The number of hydrogen-bond acceptors (Lipinski definition) is 4. The number of ether oxygens (including phenoxy) is 1. The van der Waals surface area contributed by atoms with Crippen LogP contribution in [0.4, 0.5) is 5.69 Å². The van der Waals surface area contributed by atoms with E-state index < -0.39 is 0 Å². The first-order chi connectivity index (χ1) is 9.31. The third kappa shape index (κ3) is 2.60. The van der Waals surface area contributed by atoms with E-state index in [0.717, 1.165) is 22.9 Å². The highest BCUT2D eigenvalue weighted by atomic mass is 16.5. The van der Waals surface area contributed by atoms with E-state index in [1.807, 2.05) is 30.3 Å². The van der Waals surface area contributed by atoms with Crippen molar-refractivity contribution in [3.63, 3.8) is 0 Å². The monoisotopic (exact) mass is 255 g/mol. The number of aromatic amines is 1. The summed E-state index contributed by atoms with van der Waals surface area (Å²) in [6.45, 7) is 0.414. The van der Waals surface area contributed by atoms with E-state index >= 15 is 0 Å². The van der Waals surface area contributed by atoms with Crippen LogP contribution in [0.15, 0.2) is 53.1 Å². The molecular weight excluding hydrogens is 242 g/mol. The summed E-state index contributed by atoms with van der Waals surface area (Å²) in [5.41, 5.74) is 7.97. The highest BCUT2D eigenvalue weighted by Crippen LogP contribution is 2.19. The molecule has 5 nitrogen and oxygen atoms in total. The Morgan fingerprint density at radius 1 is 1.21 bits per heavy atom. The molecule has 0 unspecified atom stereocenters. The van der Waals surface area contributed by atoms with Gasteiger partial charge in [-0.2, -0.15) is 5.10 Å². The molecule has 19 heavy (non-hydrogen) atoms. The summed E-state index contributed by atoms with van der Waals surface area (Å²) in [7, 11) is 0. The number of nitrogens with one attached hydrogen (secondary N) is 1. The second-order valence-corrected chi connectivity index (χ2v) is 4.11. The fourth-order valence-corrected chi connectivity index (χ4v) is 1.71. The smallest absolute Gasteiger partial charge is 0.154 e. The summed E-state index contributed by atoms with van der Waals surface area (Å²) in [5.74, 6) is 1.50. The van der Waals surface area contributed by atoms with Crippen molar-refractivity contribution in [3.05, 3.63) is 54.4 Å². The first kappa shape index (κ1) is 11.4. The zero-order valence-electron chi connectivity index (χ0n) is 10.2. The molecule has 3 N–H and O–H groups in total. The molecule has 0 aliphatic heterocycles. The Morgan fingerprint density at radius 2 is 2.05 bits per heavy atom. The van der Waals surface area contributed by atoms with Crippen molar-refractivity contribution in [2.75, 3.05) is 5.73 Å². The molecule has 2 heterocycles. The molecule has 0 saturated carbocycles. The van der Waals surface area contributed by atoms with Crippen LogP contribution < -0.4 is 10.5 Å². The van der Waals surface area contributed by atoms with Gasteiger partial charge < -0.3 is 14.9 Å². The maximum absolute atomic E-state index is 5.62. The number of furan rings is 1. The van der Waals surface area contributed by atoms with Crippen molar-refractivity contribution >= 4 is 5.69 Å². The number of benzene rings is 1. The maximum Gasteiger partial charge on any atom is 0.154 e. The molecule has 0 bridgehead atoms. The molecule has 96 valence electrons. The van der Waals surface area contributed by atoms with Gasteiger partial charge in [-0.1, -0.05) is 0 Å². The molecule has 0 saturated heterocycles. The van der Waals surface area contributed by atoms with Gasteiger partial charge in [-0.25, -0.2) is 0 Å². The highest BCUT2D eigenvalue weighted by Gasteiger charge is 2.06. The van der Waals surface area contributed by atoms with Crippen LogP contribution in [0, 0.1) is 0 Å². The summed E-state index contributed by atoms with van der Waals surface area (Å²) in [6, 6.07) is 12.9. The van der Waals surface area contributed by atoms with Crippen molar-refractivity contribution in [1.82, 2.24) is 10.2 Å². The molecule has 0 atom stereocenters. The second kappa shape index (κ2) is 4.89. The zero-order chi connectivity index (χ0) is 13.1. The van der Waals surface area contributed by atoms with E-state index in [9.17, 15) is 0 Å². The van der Waals surface area contributed by atoms with Gasteiger partial charge in [0, 0.05) is 5.69 Å². The summed E-state index contributed by atoms with van der Waals surface area (Å²) < 4.78 is 10.9. The quantitative estimate of drug-likeness (QED) is 0.703. The van der Waals surface area contributed by atoms with Crippen LogP contribution in [0.25, 0.3) is 11.5 Å². The lowest BCUT2D eigenvalue weighted by molar-refractivity contribution is 0.301. The van der Waals surface area contributed by atoms with E-state index in [-0.39, 0.29) is 0 Å². The Kier molecular flexibility index (Phi) is 2.94. The largest absolute Gasteiger partial charge is 0.487 e. The van der Waals surface area contributed by atoms with Gasteiger partial charge in [0.05, 0.1) is 12.0 Å². The Hall–Kier alpha value is -2.69. The lowest BCUT2D eigenvalue weighted by atomic mass is 10.3. The van der Waals surface area contributed by atoms with Crippen LogP contribution >= 0.6 is 0 Å². The minimum absolute atomic E-state index is 0.414. The van der Waals surface area contributed by atoms with Crippen molar-refractivity contribution in [3.8, 4) is 17.2 Å². The second-order valence-electron chi connectivity index (χ2n) is 4.11. The molecule has 0 spiro atoms. The lowest BCUT2D eigenvalue weighted by Gasteiger charge is -2.04. The predicted octanol–water partition coefficient (Wildman–Crippen LogP) is 2.83. The number of rotatable bonds is 4. The molecule has 3 aromatic rings. The van der Waals surface area contributed by atoms with Gasteiger partial charge in [0.15, 0.2) is 5.76 Å². The Labute approximate surface area is 110 Å². The van der Waals surface area contributed by atoms with Gasteiger partial charge in [0.2, 0.25) is 0 Å². The van der Waals surface area contributed by atoms with Crippen LogP contribution in [-0.2, 0) is 6.61 Å². The van der Waals surface area contributed by atoms with E-state index in [1.54, 1.807) is 18.4 Å². The molecule has 2 aromatic heterocycles. The lowest BCUT2D eigenvalue weighted by Crippen LogP contribution is -1.95. The fraction of sp³-hybridized carbons (Fsp3) is 0.0714. The van der Waals surface area contributed by atoms with Gasteiger partial charge in [-0.3, -0.25) is 5.10 Å². The standard InChI is InChI=1S/C14H13N3O2/c15-10-3-5-12(6-4-10)19-9-11-8-13(17-16-11)14-2-1-7-18-14/h1-8H,9,15H2,(H,16,17). The van der Waals surface area contributed by atoms with Crippen molar-refractivity contribution in [2.45, 2.75) is 6.61 Å². The molecule has 0 aliphatic carbocycles. The zero-order valence-corrected chi connectivity index (χ0v) is 10.2. The normalized spacial score (nSPS) is 10.5. The van der Waals surface area contributed by atoms with Gasteiger partial charge in [0.1, 0.15) is 18.1 Å². The first-order valence-electron chi connectivity index (χ1n) is 5.88. The molecule has 0 fully saturated rings. The topological polar surface area (TPSA) is 77.1 Å². The molecule has 0 amide bonds. The fourth-order valence-electron chi connectivity index (χ4n) is 1.71. The SMILES string of the molecule is Nc1ccc(OCc2cc(-c3ccco3)n[nH]2)cc1. The van der Waals surface area contributed by atoms with Gasteiger partial charge >= 0.3 is 0 Å². The summed E-state index contributed by atoms with van der Waals surface area (Å²) in [4.78, 5) is 0. The molecule has 1 aromatic carbocycles.